The number of nitrogens with zero attached hydrogens (tertiary/aromatic N) is 4. The third kappa shape index (κ3) is 8.33. The number of carboxylic acids is 1. The Morgan fingerprint density at radius 3 is 2.48 bits per heavy atom. The van der Waals surface area contributed by atoms with Gasteiger partial charge in [-0.05, 0) is 43.3 Å². The van der Waals surface area contributed by atoms with Gasteiger partial charge in [0.05, 0.1) is 19.9 Å². The van der Waals surface area contributed by atoms with Gasteiger partial charge in [-0.25, -0.2) is 19.2 Å². The molecule has 0 saturated heterocycles. The van der Waals surface area contributed by atoms with Crippen molar-refractivity contribution in [3.05, 3.63) is 88.1 Å². The standard InChI is InChI=1S/C25H26F2N8O3.C2H4O2/c1-2-37-17-13-18(20(27)19(14-17)38-12-3-9-26)21(32-16-7-5-15(6-8-16)22(28)29)23-33-25(36)35(34-23)24-30-10-4-11-31-24;1-2(3)4/h4-8,10-11,13-14,21,32H,2-3,9,12H2,1H3,(H3,28,29)(H,33,34,36);1H3,(H,3,4). The minimum Gasteiger partial charge on any atom is -0.494 e. The summed E-state index contributed by atoms with van der Waals surface area (Å²) in [7, 11) is 0. The summed E-state index contributed by atoms with van der Waals surface area (Å²) in [4.78, 5) is 32.5. The van der Waals surface area contributed by atoms with Crippen molar-refractivity contribution in [2.75, 3.05) is 25.2 Å². The van der Waals surface area contributed by atoms with Crippen LogP contribution in [-0.4, -0.2) is 61.5 Å². The van der Waals surface area contributed by atoms with Crippen molar-refractivity contribution in [3.8, 4) is 17.4 Å². The second-order valence-electron chi connectivity index (χ2n) is 8.51. The summed E-state index contributed by atoms with van der Waals surface area (Å²) in [5, 5.41) is 22.5. The molecule has 42 heavy (non-hydrogen) atoms. The molecule has 0 fully saturated rings. The molecule has 0 saturated carbocycles. The monoisotopic (exact) mass is 584 g/mol. The third-order valence-corrected chi connectivity index (χ3v) is 5.36. The molecule has 0 amide bonds. The van der Waals surface area contributed by atoms with Crippen LogP contribution in [0, 0.1) is 11.2 Å². The van der Waals surface area contributed by atoms with Crippen LogP contribution in [0.3, 0.4) is 0 Å². The highest BCUT2D eigenvalue weighted by Crippen LogP contribution is 2.35. The quantitative estimate of drug-likeness (QED) is 0.0937. The lowest BCUT2D eigenvalue weighted by molar-refractivity contribution is -0.134. The number of aliphatic carboxylic acids is 1. The van der Waals surface area contributed by atoms with Crippen LogP contribution in [0.15, 0.2) is 59.7 Å². The van der Waals surface area contributed by atoms with E-state index in [-0.39, 0.29) is 41.9 Å². The SMILES string of the molecule is CC(=O)O.CCOc1cc(OCCCF)c(F)c(C(Nc2ccc(C(=N)N)cc2)c2nn(-c3ncccn3)c(=O)[nH]2)c1. The van der Waals surface area contributed by atoms with Crippen LogP contribution < -0.4 is 26.2 Å². The van der Waals surface area contributed by atoms with E-state index in [1.54, 1.807) is 37.3 Å². The van der Waals surface area contributed by atoms with Crippen LogP contribution in [0.2, 0.25) is 0 Å². The maximum Gasteiger partial charge on any atom is 0.350 e. The van der Waals surface area contributed by atoms with Gasteiger partial charge in [-0.15, -0.1) is 9.78 Å². The molecule has 0 bridgehead atoms. The van der Waals surface area contributed by atoms with Crippen LogP contribution in [0.5, 0.6) is 11.5 Å². The second-order valence-corrected chi connectivity index (χ2v) is 8.51. The van der Waals surface area contributed by atoms with E-state index in [9.17, 15) is 9.18 Å². The number of alkyl halides is 1. The number of aromatic amines is 1. The number of benzene rings is 2. The first-order valence-electron chi connectivity index (χ1n) is 12.7. The Morgan fingerprint density at radius 1 is 1.21 bits per heavy atom. The van der Waals surface area contributed by atoms with Gasteiger partial charge in [0.1, 0.15) is 17.6 Å². The molecule has 4 rings (SSSR count). The predicted molar refractivity (Wildman–Crippen MR) is 150 cm³/mol. The maximum atomic E-state index is 15.8. The van der Waals surface area contributed by atoms with E-state index in [4.69, 9.17) is 30.5 Å². The number of amidine groups is 1. The number of anilines is 1. The molecule has 1 unspecified atom stereocenters. The van der Waals surface area contributed by atoms with E-state index >= 15 is 4.39 Å². The molecule has 0 aliphatic carbocycles. The molecule has 15 heteroatoms. The number of ether oxygens (including phenoxy) is 2. The van der Waals surface area contributed by atoms with Gasteiger partial charge >= 0.3 is 5.69 Å². The van der Waals surface area contributed by atoms with Gasteiger partial charge in [-0.3, -0.25) is 19.6 Å². The summed E-state index contributed by atoms with van der Waals surface area (Å²) in [5.41, 5.74) is 5.99. The summed E-state index contributed by atoms with van der Waals surface area (Å²) in [6.45, 7) is 2.51. The summed E-state index contributed by atoms with van der Waals surface area (Å²) in [6.07, 6.45) is 3.01. The van der Waals surface area contributed by atoms with Gasteiger partial charge in [0, 0.05) is 48.6 Å². The van der Waals surface area contributed by atoms with E-state index in [1.807, 2.05) is 0 Å². The van der Waals surface area contributed by atoms with E-state index in [0.29, 0.717) is 23.6 Å². The number of halogens is 2. The molecule has 2 heterocycles. The molecule has 0 spiro atoms. The van der Waals surface area contributed by atoms with Crippen molar-refractivity contribution in [2.24, 2.45) is 5.73 Å². The zero-order chi connectivity index (χ0) is 30.6. The average molecular weight is 585 g/mol. The lowest BCUT2D eigenvalue weighted by Gasteiger charge is -2.21. The molecule has 222 valence electrons. The molecule has 2 aromatic heterocycles. The van der Waals surface area contributed by atoms with Gasteiger partial charge in [-0.2, -0.15) is 0 Å². The van der Waals surface area contributed by atoms with Crippen molar-refractivity contribution in [1.82, 2.24) is 24.7 Å². The lowest BCUT2D eigenvalue weighted by atomic mass is 10.0. The molecule has 1 atom stereocenters. The van der Waals surface area contributed by atoms with Gasteiger partial charge in [0.25, 0.3) is 11.9 Å². The summed E-state index contributed by atoms with van der Waals surface area (Å²) >= 11 is 0. The third-order valence-electron chi connectivity index (χ3n) is 5.36. The van der Waals surface area contributed by atoms with Crippen LogP contribution >= 0.6 is 0 Å². The Morgan fingerprint density at radius 2 is 1.88 bits per heavy atom. The van der Waals surface area contributed by atoms with Crippen LogP contribution in [0.25, 0.3) is 5.95 Å². The zero-order valence-electron chi connectivity index (χ0n) is 22.8. The molecular weight excluding hydrogens is 554 g/mol. The fraction of sp³-hybridized carbons (Fsp3) is 0.259. The molecular formula is C27H30F2N8O5. The fourth-order valence-electron chi connectivity index (χ4n) is 3.61. The minimum absolute atomic E-state index is 0.0309. The van der Waals surface area contributed by atoms with E-state index in [2.05, 4.69) is 25.4 Å². The smallest absolute Gasteiger partial charge is 0.350 e. The molecule has 4 aromatic rings. The number of aromatic nitrogens is 5. The summed E-state index contributed by atoms with van der Waals surface area (Å²) < 4.78 is 40.6. The van der Waals surface area contributed by atoms with Gasteiger partial charge in [-0.1, -0.05) is 0 Å². The molecule has 0 radical (unpaired) electrons. The number of carbonyl (C=O) groups is 1. The normalized spacial score (nSPS) is 11.1. The number of hydrogen-bond acceptors (Lipinski definition) is 9. The fourth-order valence-corrected chi connectivity index (χ4v) is 3.61. The Balaban J connectivity index is 0.00000114. The number of carboxylic acid groups (broad SMARTS) is 1. The van der Waals surface area contributed by atoms with Gasteiger partial charge in [0.15, 0.2) is 17.4 Å². The molecule has 0 aliphatic heterocycles. The van der Waals surface area contributed by atoms with E-state index < -0.39 is 30.2 Å². The molecule has 2 aromatic carbocycles. The van der Waals surface area contributed by atoms with Crippen LogP contribution in [0.4, 0.5) is 14.5 Å². The lowest BCUT2D eigenvalue weighted by Crippen LogP contribution is -2.18. The second kappa shape index (κ2) is 14.9. The van der Waals surface area contributed by atoms with Crippen molar-refractivity contribution in [2.45, 2.75) is 26.3 Å². The number of H-pyrrole nitrogens is 1. The highest BCUT2D eigenvalue weighted by atomic mass is 19.1. The zero-order valence-corrected chi connectivity index (χ0v) is 22.8. The largest absolute Gasteiger partial charge is 0.494 e. The first kappa shape index (κ1) is 31.2. The van der Waals surface area contributed by atoms with Gasteiger partial charge < -0.3 is 25.6 Å². The maximum absolute atomic E-state index is 15.8. The molecule has 13 nitrogen and oxygen atoms in total. The Kier molecular flexibility index (Phi) is 11.0. The van der Waals surface area contributed by atoms with Crippen molar-refractivity contribution < 1.29 is 28.2 Å². The van der Waals surface area contributed by atoms with Gasteiger partial charge in [0.2, 0.25) is 0 Å². The molecule has 6 N–H and O–H groups in total. The van der Waals surface area contributed by atoms with Crippen molar-refractivity contribution >= 4 is 17.5 Å². The number of nitrogens with two attached hydrogens (primary N) is 1. The topological polar surface area (TPSA) is 194 Å². The number of hydrogen-bond donors (Lipinski definition) is 5. The molecule has 0 aliphatic rings. The Labute approximate surface area is 238 Å². The van der Waals surface area contributed by atoms with Crippen LogP contribution in [0.1, 0.15) is 43.3 Å². The highest BCUT2D eigenvalue weighted by molar-refractivity contribution is 5.95. The predicted octanol–water partition coefficient (Wildman–Crippen LogP) is 3.20. The number of nitrogens with one attached hydrogen (secondary N) is 3. The Hall–Kier alpha value is -5.34. The number of rotatable bonds is 12. The average Bonchev–Trinajstić information content (AvgIpc) is 3.35. The summed E-state index contributed by atoms with van der Waals surface area (Å²) in [6, 6.07) is 9.97. The first-order valence-corrected chi connectivity index (χ1v) is 12.7. The highest BCUT2D eigenvalue weighted by Gasteiger charge is 2.27. The first-order chi connectivity index (χ1) is 20.1. The van der Waals surface area contributed by atoms with Crippen LogP contribution in [-0.2, 0) is 4.79 Å². The summed E-state index contributed by atoms with van der Waals surface area (Å²) in [5.74, 6) is -1.41. The van der Waals surface area contributed by atoms with E-state index in [0.717, 1.165) is 11.6 Å². The van der Waals surface area contributed by atoms with Crippen molar-refractivity contribution in [3.63, 3.8) is 0 Å². The van der Waals surface area contributed by atoms with Crippen molar-refractivity contribution in [1.29, 1.82) is 5.41 Å². The minimum atomic E-state index is -1.04. The number of nitrogen functional groups attached to an aromatic ring is 1. The van der Waals surface area contributed by atoms with E-state index in [1.165, 1.54) is 24.5 Å². The Bertz CT molecular complexity index is 1540.